The molecule has 2 aromatic rings. The van der Waals surface area contributed by atoms with E-state index in [2.05, 4.69) is 9.97 Å². The fourth-order valence-corrected chi connectivity index (χ4v) is 2.42. The molecule has 1 amide bonds. The minimum atomic E-state index is -0.336. The molecule has 3 N–H and O–H groups in total. The van der Waals surface area contributed by atoms with Gasteiger partial charge in [-0.05, 0) is 18.1 Å². The molecule has 0 saturated carbocycles. The van der Waals surface area contributed by atoms with Crippen molar-refractivity contribution in [3.05, 3.63) is 58.3 Å². The first kappa shape index (κ1) is 12.6. The summed E-state index contributed by atoms with van der Waals surface area (Å²) in [6.45, 7) is 0.441. The number of nitrogens with one attached hydrogen (secondary N) is 1. The Hall–Kier alpha value is -2.47. The number of aromatic amines is 1. The Morgan fingerprint density at radius 3 is 2.95 bits per heavy atom. The lowest BCUT2D eigenvalue weighted by Gasteiger charge is -2.32. The number of nitrogens with two attached hydrogens (primary N) is 1. The van der Waals surface area contributed by atoms with Crippen LogP contribution in [0.2, 0.25) is 0 Å². The van der Waals surface area contributed by atoms with Gasteiger partial charge in [0, 0.05) is 24.5 Å². The van der Waals surface area contributed by atoms with Crippen LogP contribution >= 0.6 is 0 Å². The van der Waals surface area contributed by atoms with Crippen LogP contribution in [-0.4, -0.2) is 28.5 Å². The molecule has 6 nitrogen and oxygen atoms in total. The van der Waals surface area contributed by atoms with E-state index < -0.39 is 0 Å². The number of rotatable bonds is 1. The van der Waals surface area contributed by atoms with Crippen molar-refractivity contribution >= 4 is 11.6 Å². The van der Waals surface area contributed by atoms with Crippen LogP contribution in [0.4, 0.5) is 5.69 Å². The van der Waals surface area contributed by atoms with Crippen molar-refractivity contribution in [3.8, 4) is 0 Å². The zero-order valence-corrected chi connectivity index (χ0v) is 10.7. The number of H-pyrrole nitrogens is 1. The number of benzene rings is 1. The van der Waals surface area contributed by atoms with Gasteiger partial charge >= 0.3 is 0 Å². The number of para-hydroxylation sites is 1. The molecule has 1 atom stereocenters. The molecule has 0 aliphatic carbocycles. The van der Waals surface area contributed by atoms with Gasteiger partial charge < -0.3 is 15.6 Å². The van der Waals surface area contributed by atoms with E-state index in [0.717, 1.165) is 23.9 Å². The molecule has 6 heteroatoms. The SMILES string of the molecule is NC1Cc2ccccc2N(C(=O)c2c[nH]c(=O)cn2)C1. The van der Waals surface area contributed by atoms with E-state index >= 15 is 0 Å². The van der Waals surface area contributed by atoms with E-state index in [1.165, 1.54) is 6.20 Å². The van der Waals surface area contributed by atoms with Crippen LogP contribution in [0.25, 0.3) is 0 Å². The lowest BCUT2D eigenvalue weighted by Crippen LogP contribution is -2.46. The molecule has 0 spiro atoms. The monoisotopic (exact) mass is 270 g/mol. The Labute approximate surface area is 115 Å². The van der Waals surface area contributed by atoms with Gasteiger partial charge in [0.2, 0.25) is 0 Å². The Morgan fingerprint density at radius 2 is 2.20 bits per heavy atom. The van der Waals surface area contributed by atoms with Gasteiger partial charge in [0.25, 0.3) is 11.5 Å². The first-order chi connectivity index (χ1) is 9.65. The van der Waals surface area contributed by atoms with Crippen LogP contribution in [0.5, 0.6) is 0 Å². The first-order valence-electron chi connectivity index (χ1n) is 6.35. The number of anilines is 1. The standard InChI is InChI=1S/C14H14N4O2/c15-10-5-9-3-1-2-4-12(9)18(8-10)14(20)11-6-17-13(19)7-16-11/h1-4,6-7,10H,5,8,15H2,(H,17,19). The van der Waals surface area contributed by atoms with Crippen LogP contribution in [0, 0.1) is 0 Å². The van der Waals surface area contributed by atoms with Gasteiger partial charge in [-0.25, -0.2) is 4.98 Å². The number of aromatic nitrogens is 2. The van der Waals surface area contributed by atoms with Crippen LogP contribution in [-0.2, 0) is 6.42 Å². The molecule has 20 heavy (non-hydrogen) atoms. The maximum Gasteiger partial charge on any atom is 0.278 e. The highest BCUT2D eigenvalue weighted by molar-refractivity contribution is 6.05. The van der Waals surface area contributed by atoms with Crippen LogP contribution in [0.3, 0.4) is 0 Å². The van der Waals surface area contributed by atoms with Crippen LogP contribution < -0.4 is 16.2 Å². The molecule has 102 valence electrons. The minimum absolute atomic E-state index is 0.100. The van der Waals surface area contributed by atoms with Gasteiger partial charge in [-0.3, -0.25) is 9.59 Å². The quantitative estimate of drug-likeness (QED) is 0.779. The van der Waals surface area contributed by atoms with Gasteiger partial charge in [-0.1, -0.05) is 18.2 Å². The zero-order chi connectivity index (χ0) is 14.1. The third kappa shape index (κ3) is 2.21. The molecule has 1 aromatic carbocycles. The number of hydrogen-bond donors (Lipinski definition) is 2. The molecule has 1 aromatic heterocycles. The fraction of sp³-hybridized carbons (Fsp3) is 0.214. The Bertz CT molecular complexity index is 690. The predicted octanol–water partition coefficient (Wildman–Crippen LogP) is 0.300. The summed E-state index contributed by atoms with van der Waals surface area (Å²) < 4.78 is 0. The molecule has 2 heterocycles. The average Bonchev–Trinajstić information content (AvgIpc) is 2.46. The third-order valence-corrected chi connectivity index (χ3v) is 3.32. The van der Waals surface area contributed by atoms with E-state index in [-0.39, 0.29) is 23.2 Å². The Morgan fingerprint density at radius 1 is 1.40 bits per heavy atom. The second-order valence-electron chi connectivity index (χ2n) is 4.81. The summed E-state index contributed by atoms with van der Waals surface area (Å²) in [7, 11) is 0. The molecule has 1 aliphatic heterocycles. The van der Waals surface area contributed by atoms with E-state index in [4.69, 9.17) is 5.73 Å². The molecular formula is C14H14N4O2. The average molecular weight is 270 g/mol. The maximum absolute atomic E-state index is 12.5. The second-order valence-corrected chi connectivity index (χ2v) is 4.81. The van der Waals surface area contributed by atoms with Crippen molar-refractivity contribution in [1.29, 1.82) is 0 Å². The number of carbonyl (C=O) groups is 1. The lowest BCUT2D eigenvalue weighted by atomic mass is 9.98. The Kier molecular flexibility index (Phi) is 3.08. The summed E-state index contributed by atoms with van der Waals surface area (Å²) >= 11 is 0. The highest BCUT2D eigenvalue weighted by Gasteiger charge is 2.27. The van der Waals surface area contributed by atoms with E-state index in [0.29, 0.717) is 6.54 Å². The summed E-state index contributed by atoms with van der Waals surface area (Å²) in [6, 6.07) is 7.57. The second kappa shape index (κ2) is 4.90. The van der Waals surface area contributed by atoms with Gasteiger partial charge in [-0.2, -0.15) is 0 Å². The number of hydrogen-bond acceptors (Lipinski definition) is 4. The topological polar surface area (TPSA) is 92.1 Å². The maximum atomic E-state index is 12.5. The number of nitrogens with zero attached hydrogens (tertiary/aromatic N) is 2. The molecule has 0 saturated heterocycles. The summed E-state index contributed by atoms with van der Waals surface area (Å²) in [4.78, 5) is 31.5. The van der Waals surface area contributed by atoms with Gasteiger partial charge in [-0.15, -0.1) is 0 Å². The minimum Gasteiger partial charge on any atom is -0.326 e. The van der Waals surface area contributed by atoms with Gasteiger partial charge in [0.1, 0.15) is 5.69 Å². The van der Waals surface area contributed by atoms with Crippen molar-refractivity contribution in [2.75, 3.05) is 11.4 Å². The summed E-state index contributed by atoms with van der Waals surface area (Å²) in [5.74, 6) is -0.260. The summed E-state index contributed by atoms with van der Waals surface area (Å²) in [5, 5.41) is 0. The normalized spacial score (nSPS) is 17.6. The summed E-state index contributed by atoms with van der Waals surface area (Å²) in [5.41, 5.74) is 7.77. The number of fused-ring (bicyclic) bond motifs is 1. The third-order valence-electron chi connectivity index (χ3n) is 3.32. The van der Waals surface area contributed by atoms with Crippen LogP contribution in [0.1, 0.15) is 16.1 Å². The lowest BCUT2D eigenvalue weighted by molar-refractivity contribution is 0.0978. The fourth-order valence-electron chi connectivity index (χ4n) is 2.42. The highest BCUT2D eigenvalue weighted by Crippen LogP contribution is 2.27. The molecule has 0 bridgehead atoms. The van der Waals surface area contributed by atoms with Crippen LogP contribution in [0.15, 0.2) is 41.5 Å². The molecule has 3 rings (SSSR count). The van der Waals surface area contributed by atoms with E-state index in [9.17, 15) is 9.59 Å². The molecule has 1 aliphatic rings. The predicted molar refractivity (Wildman–Crippen MR) is 74.7 cm³/mol. The Balaban J connectivity index is 1.99. The van der Waals surface area contributed by atoms with Gasteiger partial charge in [0.15, 0.2) is 0 Å². The van der Waals surface area contributed by atoms with Crippen molar-refractivity contribution in [3.63, 3.8) is 0 Å². The van der Waals surface area contributed by atoms with Crippen molar-refractivity contribution in [1.82, 2.24) is 9.97 Å². The molecule has 1 unspecified atom stereocenters. The van der Waals surface area contributed by atoms with Crippen molar-refractivity contribution in [2.45, 2.75) is 12.5 Å². The molecular weight excluding hydrogens is 256 g/mol. The largest absolute Gasteiger partial charge is 0.326 e. The first-order valence-corrected chi connectivity index (χ1v) is 6.35. The summed E-state index contributed by atoms with van der Waals surface area (Å²) in [6.07, 6.45) is 3.18. The van der Waals surface area contributed by atoms with Crippen molar-refractivity contribution < 1.29 is 4.79 Å². The smallest absolute Gasteiger partial charge is 0.278 e. The highest BCUT2D eigenvalue weighted by atomic mass is 16.2. The molecule has 0 fully saturated rings. The van der Waals surface area contributed by atoms with E-state index in [1.54, 1.807) is 4.90 Å². The van der Waals surface area contributed by atoms with Crippen molar-refractivity contribution in [2.24, 2.45) is 5.73 Å². The van der Waals surface area contributed by atoms with E-state index in [1.807, 2.05) is 24.3 Å². The molecule has 0 radical (unpaired) electrons. The zero-order valence-electron chi connectivity index (χ0n) is 10.7. The van der Waals surface area contributed by atoms with Gasteiger partial charge in [0.05, 0.1) is 6.20 Å². The number of carbonyl (C=O) groups excluding carboxylic acids is 1. The number of amides is 1.